The Labute approximate surface area is 117 Å². The number of rotatable bonds is 8. The summed E-state index contributed by atoms with van der Waals surface area (Å²) in [5, 5.41) is 18.6. The zero-order valence-electron chi connectivity index (χ0n) is 11.7. The molecule has 1 atom stereocenters. The summed E-state index contributed by atoms with van der Waals surface area (Å²) >= 11 is 0. The Hall–Kier alpha value is -1.96. The van der Waals surface area contributed by atoms with Gasteiger partial charge in [-0.25, -0.2) is 9.48 Å². The molecular weight excluding hydrogens is 262 g/mol. The quantitative estimate of drug-likeness (QED) is 0.602. The fourth-order valence-electron chi connectivity index (χ4n) is 1.82. The Balaban J connectivity index is 2.38. The average Bonchev–Trinajstić information content (AvgIpc) is 2.84. The first-order valence-corrected chi connectivity index (χ1v) is 6.55. The summed E-state index contributed by atoms with van der Waals surface area (Å²) in [6, 6.07) is 0. The third kappa shape index (κ3) is 4.96. The molecule has 0 radical (unpaired) electrons. The molecule has 0 aromatic carbocycles. The lowest BCUT2D eigenvalue weighted by Gasteiger charge is -2.16. The van der Waals surface area contributed by atoms with Gasteiger partial charge >= 0.3 is 5.97 Å². The van der Waals surface area contributed by atoms with Crippen LogP contribution in [0.25, 0.3) is 0 Å². The van der Waals surface area contributed by atoms with E-state index in [0.29, 0.717) is 25.6 Å². The van der Waals surface area contributed by atoms with E-state index in [4.69, 9.17) is 10.8 Å². The van der Waals surface area contributed by atoms with Crippen LogP contribution in [-0.2, 0) is 11.3 Å². The van der Waals surface area contributed by atoms with Crippen molar-refractivity contribution in [2.24, 2.45) is 17.6 Å². The number of nitrogens with two attached hydrogens (primary N) is 1. The zero-order chi connectivity index (χ0) is 15.1. The number of carbonyl (C=O) groups excluding carboxylic acids is 1. The summed E-state index contributed by atoms with van der Waals surface area (Å²) in [5.74, 6) is -0.997. The summed E-state index contributed by atoms with van der Waals surface area (Å²) in [4.78, 5) is 22.5. The lowest BCUT2D eigenvalue weighted by atomic mass is 9.96. The van der Waals surface area contributed by atoms with Crippen LogP contribution in [0, 0.1) is 11.8 Å². The van der Waals surface area contributed by atoms with E-state index in [9.17, 15) is 9.59 Å². The molecule has 8 heteroatoms. The molecule has 1 rings (SSSR count). The van der Waals surface area contributed by atoms with Crippen LogP contribution in [0.5, 0.6) is 0 Å². The summed E-state index contributed by atoms with van der Waals surface area (Å²) in [7, 11) is 0. The van der Waals surface area contributed by atoms with E-state index in [1.165, 1.54) is 10.9 Å². The molecule has 8 nitrogen and oxygen atoms in total. The molecular formula is C12H21N5O3. The summed E-state index contributed by atoms with van der Waals surface area (Å²) in [6.45, 7) is 5.12. The van der Waals surface area contributed by atoms with Crippen LogP contribution in [0.3, 0.4) is 0 Å². The monoisotopic (exact) mass is 283 g/mol. The highest BCUT2D eigenvalue weighted by Gasteiger charge is 2.17. The van der Waals surface area contributed by atoms with Gasteiger partial charge in [0.1, 0.15) is 0 Å². The van der Waals surface area contributed by atoms with E-state index < -0.39 is 5.97 Å². The van der Waals surface area contributed by atoms with Crippen LogP contribution in [0.2, 0.25) is 0 Å². The molecule has 0 aliphatic carbocycles. The normalized spacial score (nSPS) is 12.4. The molecule has 112 valence electrons. The van der Waals surface area contributed by atoms with Crippen molar-refractivity contribution >= 4 is 11.9 Å². The number of carboxylic acids is 1. The predicted octanol–water partition coefficient (Wildman–Crippen LogP) is -0.286. The lowest BCUT2D eigenvalue weighted by molar-refractivity contribution is -0.125. The minimum absolute atomic E-state index is 0.0835. The highest BCUT2D eigenvalue weighted by Crippen LogP contribution is 2.10. The number of nitrogens with one attached hydrogen (secondary N) is 1. The number of aromatic carboxylic acids is 1. The standard InChI is InChI=1S/C12H21N5O3/c1-8(2)5-9(6-13)11(18)14-3-4-17-7-10(12(19)20)15-16-17/h7-9H,3-6,13H2,1-2H3,(H,14,18)(H,19,20). The van der Waals surface area contributed by atoms with Gasteiger partial charge in [0.25, 0.3) is 0 Å². The zero-order valence-corrected chi connectivity index (χ0v) is 11.7. The van der Waals surface area contributed by atoms with Crippen molar-refractivity contribution in [1.29, 1.82) is 0 Å². The van der Waals surface area contributed by atoms with Gasteiger partial charge in [-0.2, -0.15) is 0 Å². The molecule has 0 aliphatic heterocycles. The molecule has 0 bridgehead atoms. The Morgan fingerprint density at radius 1 is 1.50 bits per heavy atom. The van der Waals surface area contributed by atoms with Crippen LogP contribution in [0.15, 0.2) is 6.20 Å². The summed E-state index contributed by atoms with van der Waals surface area (Å²) in [6.07, 6.45) is 2.07. The molecule has 1 aromatic rings. The maximum Gasteiger partial charge on any atom is 0.358 e. The molecule has 1 aromatic heterocycles. The number of carbonyl (C=O) groups is 2. The number of hydrogen-bond acceptors (Lipinski definition) is 5. The van der Waals surface area contributed by atoms with Crippen LogP contribution in [0.1, 0.15) is 30.8 Å². The Morgan fingerprint density at radius 3 is 2.70 bits per heavy atom. The third-order valence-electron chi connectivity index (χ3n) is 2.81. The molecule has 0 saturated carbocycles. The van der Waals surface area contributed by atoms with Gasteiger partial charge in [0.2, 0.25) is 5.91 Å². The van der Waals surface area contributed by atoms with E-state index in [1.54, 1.807) is 0 Å². The summed E-state index contributed by atoms with van der Waals surface area (Å²) in [5.41, 5.74) is 5.47. The van der Waals surface area contributed by atoms with Crippen molar-refractivity contribution in [2.45, 2.75) is 26.8 Å². The highest BCUT2D eigenvalue weighted by molar-refractivity contribution is 5.84. The van der Waals surface area contributed by atoms with Gasteiger partial charge in [-0.3, -0.25) is 4.79 Å². The molecule has 0 saturated heterocycles. The van der Waals surface area contributed by atoms with E-state index in [2.05, 4.69) is 15.6 Å². The summed E-state index contributed by atoms with van der Waals surface area (Å²) < 4.78 is 1.38. The minimum Gasteiger partial charge on any atom is -0.476 e. The highest BCUT2D eigenvalue weighted by atomic mass is 16.4. The molecule has 1 amide bonds. The van der Waals surface area contributed by atoms with Crippen molar-refractivity contribution < 1.29 is 14.7 Å². The number of hydrogen-bond donors (Lipinski definition) is 3. The number of aromatic nitrogens is 3. The Bertz CT molecular complexity index is 458. The van der Waals surface area contributed by atoms with Crippen molar-refractivity contribution in [3.63, 3.8) is 0 Å². The largest absolute Gasteiger partial charge is 0.476 e. The van der Waals surface area contributed by atoms with E-state index in [1.807, 2.05) is 13.8 Å². The molecule has 20 heavy (non-hydrogen) atoms. The smallest absolute Gasteiger partial charge is 0.358 e. The van der Waals surface area contributed by atoms with Gasteiger partial charge in [-0.05, 0) is 12.3 Å². The number of amides is 1. The number of carboxylic acid groups (broad SMARTS) is 1. The van der Waals surface area contributed by atoms with Crippen molar-refractivity contribution in [1.82, 2.24) is 20.3 Å². The lowest BCUT2D eigenvalue weighted by Crippen LogP contribution is -2.37. The topological polar surface area (TPSA) is 123 Å². The van der Waals surface area contributed by atoms with Crippen molar-refractivity contribution in [2.75, 3.05) is 13.1 Å². The fraction of sp³-hybridized carbons (Fsp3) is 0.667. The van der Waals surface area contributed by atoms with Gasteiger partial charge in [0.15, 0.2) is 5.69 Å². The van der Waals surface area contributed by atoms with E-state index in [0.717, 1.165) is 6.42 Å². The average molecular weight is 283 g/mol. The predicted molar refractivity (Wildman–Crippen MR) is 72.0 cm³/mol. The van der Waals surface area contributed by atoms with Gasteiger partial charge in [-0.1, -0.05) is 19.1 Å². The van der Waals surface area contributed by atoms with Crippen LogP contribution < -0.4 is 11.1 Å². The molecule has 1 heterocycles. The minimum atomic E-state index is -1.12. The van der Waals surface area contributed by atoms with E-state index >= 15 is 0 Å². The van der Waals surface area contributed by atoms with Gasteiger partial charge in [0, 0.05) is 13.1 Å². The van der Waals surface area contributed by atoms with Crippen molar-refractivity contribution in [3.05, 3.63) is 11.9 Å². The first-order chi connectivity index (χ1) is 9.43. The fourth-order valence-corrected chi connectivity index (χ4v) is 1.82. The van der Waals surface area contributed by atoms with Crippen molar-refractivity contribution in [3.8, 4) is 0 Å². The van der Waals surface area contributed by atoms with E-state index in [-0.39, 0.29) is 17.5 Å². The van der Waals surface area contributed by atoms with Crippen LogP contribution in [0.4, 0.5) is 0 Å². The first-order valence-electron chi connectivity index (χ1n) is 6.55. The third-order valence-corrected chi connectivity index (χ3v) is 2.81. The molecule has 0 fully saturated rings. The maximum atomic E-state index is 11.9. The Kier molecular flexibility index (Phi) is 6.10. The van der Waals surface area contributed by atoms with Gasteiger partial charge in [-0.15, -0.1) is 5.10 Å². The second kappa shape index (κ2) is 7.59. The number of nitrogens with zero attached hydrogens (tertiary/aromatic N) is 3. The molecule has 4 N–H and O–H groups in total. The Morgan fingerprint density at radius 2 is 2.20 bits per heavy atom. The molecule has 0 spiro atoms. The first kappa shape index (κ1) is 16.1. The molecule has 1 unspecified atom stereocenters. The van der Waals surface area contributed by atoms with Gasteiger partial charge < -0.3 is 16.2 Å². The second-order valence-corrected chi connectivity index (χ2v) is 5.03. The van der Waals surface area contributed by atoms with Crippen LogP contribution >= 0.6 is 0 Å². The SMILES string of the molecule is CC(C)CC(CN)C(=O)NCCn1cc(C(=O)O)nn1. The molecule has 0 aliphatic rings. The van der Waals surface area contributed by atoms with Crippen LogP contribution in [-0.4, -0.2) is 45.1 Å². The second-order valence-electron chi connectivity index (χ2n) is 5.03. The maximum absolute atomic E-state index is 11.9. The van der Waals surface area contributed by atoms with Gasteiger partial charge in [0.05, 0.1) is 18.7 Å².